The van der Waals surface area contributed by atoms with E-state index in [0.29, 0.717) is 37.2 Å². The maximum absolute atomic E-state index is 13.0. The van der Waals surface area contributed by atoms with Crippen LogP contribution in [0.5, 0.6) is 11.5 Å². The molecular weight excluding hydrogens is 404 g/mol. The lowest BCUT2D eigenvalue weighted by Gasteiger charge is -2.20. The highest BCUT2D eigenvalue weighted by Gasteiger charge is 2.30. The molecule has 1 N–H and O–H groups in total. The van der Waals surface area contributed by atoms with E-state index in [0.717, 1.165) is 12.0 Å². The van der Waals surface area contributed by atoms with Crippen LogP contribution in [0.3, 0.4) is 0 Å². The van der Waals surface area contributed by atoms with Gasteiger partial charge in [-0.2, -0.15) is 0 Å². The average Bonchev–Trinajstić information content (AvgIpc) is 3.17. The molecule has 2 aromatic rings. The molecular formula is C23H30O6S. The summed E-state index contributed by atoms with van der Waals surface area (Å²) in [6.45, 7) is 4.46. The van der Waals surface area contributed by atoms with E-state index in [1.54, 1.807) is 12.1 Å². The summed E-state index contributed by atoms with van der Waals surface area (Å²) in [6.07, 6.45) is 1.15. The van der Waals surface area contributed by atoms with Crippen LogP contribution >= 0.6 is 0 Å². The Kier molecular flexibility index (Phi) is 7.75. The van der Waals surface area contributed by atoms with Crippen LogP contribution in [0, 0.1) is 0 Å². The van der Waals surface area contributed by atoms with Crippen molar-refractivity contribution >= 4 is 9.84 Å². The van der Waals surface area contributed by atoms with Crippen LogP contribution in [0.1, 0.15) is 56.8 Å². The Morgan fingerprint density at radius 1 is 1.07 bits per heavy atom. The molecule has 1 saturated heterocycles. The molecule has 1 fully saturated rings. The molecule has 30 heavy (non-hydrogen) atoms. The van der Waals surface area contributed by atoms with Crippen molar-refractivity contribution in [3.63, 3.8) is 0 Å². The Balaban J connectivity index is 2.05. The van der Waals surface area contributed by atoms with Gasteiger partial charge in [0.1, 0.15) is 11.5 Å². The van der Waals surface area contributed by atoms with Crippen LogP contribution in [0.2, 0.25) is 0 Å². The van der Waals surface area contributed by atoms with Gasteiger partial charge in [-0.25, -0.2) is 8.42 Å². The van der Waals surface area contributed by atoms with Crippen LogP contribution in [-0.2, 0) is 21.2 Å². The van der Waals surface area contributed by atoms with Crippen LogP contribution in [0.25, 0.3) is 0 Å². The number of aliphatic hydroxyl groups is 1. The highest BCUT2D eigenvalue weighted by Crippen LogP contribution is 2.42. The Hall–Kier alpha value is -2.09. The van der Waals surface area contributed by atoms with Gasteiger partial charge in [-0.05, 0) is 42.5 Å². The van der Waals surface area contributed by atoms with Gasteiger partial charge in [0.2, 0.25) is 0 Å². The van der Waals surface area contributed by atoms with Gasteiger partial charge in [0.05, 0.1) is 18.5 Å². The molecule has 2 aromatic carbocycles. The minimum Gasteiger partial charge on any atom is -0.488 e. The van der Waals surface area contributed by atoms with E-state index in [9.17, 15) is 13.5 Å². The van der Waals surface area contributed by atoms with Crippen molar-refractivity contribution in [2.24, 2.45) is 0 Å². The number of aliphatic hydroxyl groups excluding tert-OH is 1. The topological polar surface area (TPSA) is 82.1 Å². The van der Waals surface area contributed by atoms with Gasteiger partial charge in [-0.15, -0.1) is 0 Å². The molecule has 7 heteroatoms. The number of rotatable bonds is 10. The Morgan fingerprint density at radius 2 is 1.83 bits per heavy atom. The quantitative estimate of drug-likeness (QED) is 0.597. The molecule has 0 aliphatic carbocycles. The predicted molar refractivity (Wildman–Crippen MR) is 114 cm³/mol. The monoisotopic (exact) mass is 434 g/mol. The molecule has 0 radical (unpaired) electrons. The molecule has 1 aliphatic rings. The van der Waals surface area contributed by atoms with Crippen LogP contribution in [-0.4, -0.2) is 32.2 Å². The molecule has 0 spiro atoms. The minimum atomic E-state index is -3.57. The summed E-state index contributed by atoms with van der Waals surface area (Å²) in [7, 11) is -3.57. The van der Waals surface area contributed by atoms with Crippen molar-refractivity contribution in [1.82, 2.24) is 0 Å². The Bertz CT molecular complexity index is 926. The van der Waals surface area contributed by atoms with E-state index in [2.05, 4.69) is 0 Å². The molecule has 3 rings (SSSR count). The predicted octanol–water partition coefficient (Wildman–Crippen LogP) is 4.41. The second-order valence-corrected chi connectivity index (χ2v) is 9.52. The van der Waals surface area contributed by atoms with Crippen molar-refractivity contribution in [2.45, 2.75) is 63.4 Å². The molecule has 2 atom stereocenters. The summed E-state index contributed by atoms with van der Waals surface area (Å²) in [5.41, 5.74) is 1.64. The van der Waals surface area contributed by atoms with Crippen molar-refractivity contribution < 1.29 is 27.7 Å². The highest BCUT2D eigenvalue weighted by molar-refractivity contribution is 7.91. The van der Waals surface area contributed by atoms with E-state index in [1.807, 2.05) is 44.2 Å². The first-order valence-electron chi connectivity index (χ1n) is 10.5. The minimum absolute atomic E-state index is 0.0191. The van der Waals surface area contributed by atoms with E-state index < -0.39 is 16.1 Å². The first-order valence-corrected chi connectivity index (χ1v) is 12.1. The average molecular weight is 435 g/mol. The third-order valence-corrected chi connectivity index (χ3v) is 6.83. The summed E-state index contributed by atoms with van der Waals surface area (Å²) in [5.74, 6) is 0.651. The smallest absolute Gasteiger partial charge is 0.182 e. The number of ether oxygens (including phenoxy) is 3. The maximum Gasteiger partial charge on any atom is 0.182 e. The van der Waals surface area contributed by atoms with Crippen LogP contribution in [0.15, 0.2) is 47.4 Å². The molecule has 0 saturated carbocycles. The zero-order chi connectivity index (χ0) is 21.6. The number of benzene rings is 2. The molecule has 0 aromatic heterocycles. The molecule has 0 bridgehead atoms. The van der Waals surface area contributed by atoms with Gasteiger partial charge < -0.3 is 19.3 Å². The Morgan fingerprint density at radius 3 is 2.47 bits per heavy atom. The fraction of sp³-hybridized carbons (Fsp3) is 0.478. The van der Waals surface area contributed by atoms with E-state index in [1.165, 1.54) is 0 Å². The van der Waals surface area contributed by atoms with Crippen LogP contribution in [0.4, 0.5) is 0 Å². The molecule has 1 heterocycles. The van der Waals surface area contributed by atoms with E-state index >= 15 is 0 Å². The molecule has 2 unspecified atom stereocenters. The molecule has 6 nitrogen and oxygen atoms in total. The number of sulfone groups is 1. The lowest BCUT2D eigenvalue weighted by molar-refractivity contribution is -0.0914. The summed E-state index contributed by atoms with van der Waals surface area (Å²) >= 11 is 0. The molecule has 164 valence electrons. The highest BCUT2D eigenvalue weighted by atomic mass is 32.2. The van der Waals surface area contributed by atoms with Gasteiger partial charge in [0, 0.05) is 6.42 Å². The van der Waals surface area contributed by atoms with Crippen molar-refractivity contribution in [3.8, 4) is 11.5 Å². The van der Waals surface area contributed by atoms with Gasteiger partial charge in [0.15, 0.2) is 27.6 Å². The maximum atomic E-state index is 13.0. The SMILES string of the molecule is CCCOc1c(OCc2ccccc2)cc(C2CCC(O)O2)cc1S(=O)(=O)CCC. The van der Waals surface area contributed by atoms with Crippen molar-refractivity contribution in [2.75, 3.05) is 12.4 Å². The summed E-state index contributed by atoms with van der Waals surface area (Å²) in [6, 6.07) is 13.1. The normalized spacial score (nSPS) is 19.0. The van der Waals surface area contributed by atoms with Gasteiger partial charge in [-0.3, -0.25) is 0 Å². The van der Waals surface area contributed by atoms with Crippen molar-refractivity contribution in [3.05, 3.63) is 53.6 Å². The van der Waals surface area contributed by atoms with E-state index in [4.69, 9.17) is 14.2 Å². The lowest BCUT2D eigenvalue weighted by Crippen LogP contribution is -2.13. The zero-order valence-corrected chi connectivity index (χ0v) is 18.4. The molecule has 0 amide bonds. The first kappa shape index (κ1) is 22.6. The fourth-order valence-corrected chi connectivity index (χ4v) is 4.96. The van der Waals surface area contributed by atoms with E-state index in [-0.39, 0.29) is 29.1 Å². The summed E-state index contributed by atoms with van der Waals surface area (Å²) in [4.78, 5) is 0.128. The number of hydrogen-bond acceptors (Lipinski definition) is 6. The summed E-state index contributed by atoms with van der Waals surface area (Å²) < 4.78 is 43.6. The largest absolute Gasteiger partial charge is 0.488 e. The standard InChI is InChI=1S/C23H30O6S/c1-3-12-27-23-20(28-16-17-8-6-5-7-9-17)14-18(19-10-11-22(24)29-19)15-21(23)30(25,26)13-4-2/h5-9,14-15,19,22,24H,3-4,10-13,16H2,1-2H3. The van der Waals surface area contributed by atoms with Crippen molar-refractivity contribution in [1.29, 1.82) is 0 Å². The second kappa shape index (κ2) is 10.3. The van der Waals surface area contributed by atoms with Gasteiger partial charge >= 0.3 is 0 Å². The number of hydrogen-bond donors (Lipinski definition) is 1. The first-order chi connectivity index (χ1) is 14.4. The second-order valence-electron chi connectivity index (χ2n) is 7.44. The third kappa shape index (κ3) is 5.53. The third-order valence-electron chi connectivity index (χ3n) is 4.91. The zero-order valence-electron chi connectivity index (χ0n) is 17.5. The van der Waals surface area contributed by atoms with Gasteiger partial charge in [0.25, 0.3) is 0 Å². The summed E-state index contributed by atoms with van der Waals surface area (Å²) in [5, 5.41) is 9.77. The van der Waals surface area contributed by atoms with Crippen LogP contribution < -0.4 is 9.47 Å². The lowest BCUT2D eigenvalue weighted by atomic mass is 10.1. The molecule has 1 aliphatic heterocycles. The van der Waals surface area contributed by atoms with Gasteiger partial charge in [-0.1, -0.05) is 44.2 Å². The fourth-order valence-electron chi connectivity index (χ4n) is 3.45. The Labute approximate surface area is 178 Å².